The molecule has 1 unspecified atom stereocenters. The Labute approximate surface area is 122 Å². The van der Waals surface area contributed by atoms with Crippen molar-refractivity contribution in [3.8, 4) is 5.75 Å². The molecule has 0 saturated carbocycles. The first-order valence-corrected chi connectivity index (χ1v) is 6.60. The van der Waals surface area contributed by atoms with Crippen molar-refractivity contribution in [2.45, 2.75) is 19.4 Å². The maximum Gasteiger partial charge on any atom is 0.323 e. The fourth-order valence-electron chi connectivity index (χ4n) is 2.18. The van der Waals surface area contributed by atoms with Crippen LogP contribution in [0, 0.1) is 0 Å². The summed E-state index contributed by atoms with van der Waals surface area (Å²) in [7, 11) is 1.53. The van der Waals surface area contributed by atoms with E-state index in [0.29, 0.717) is 17.9 Å². The fourth-order valence-corrected chi connectivity index (χ4v) is 2.18. The molecule has 7 heteroatoms. The average Bonchev–Trinajstić information content (AvgIpc) is 2.46. The van der Waals surface area contributed by atoms with Crippen LogP contribution in [0.5, 0.6) is 5.75 Å². The summed E-state index contributed by atoms with van der Waals surface area (Å²) in [5, 5.41) is 4.89. The number of imide groups is 1. The molecule has 1 heterocycles. The van der Waals surface area contributed by atoms with E-state index in [4.69, 9.17) is 4.74 Å². The first kappa shape index (κ1) is 14.8. The van der Waals surface area contributed by atoms with Gasteiger partial charge in [0.1, 0.15) is 18.3 Å². The zero-order valence-corrected chi connectivity index (χ0v) is 11.9. The van der Waals surface area contributed by atoms with Gasteiger partial charge in [0.15, 0.2) is 0 Å². The number of hydrogen-bond donors (Lipinski definition) is 2. The summed E-state index contributed by atoms with van der Waals surface area (Å²) < 4.78 is 5.08. The molecule has 21 heavy (non-hydrogen) atoms. The lowest BCUT2D eigenvalue weighted by Crippen LogP contribution is -2.60. The second-order valence-electron chi connectivity index (χ2n) is 4.63. The number of urea groups is 1. The average molecular weight is 291 g/mol. The molecule has 112 valence electrons. The monoisotopic (exact) mass is 291 g/mol. The first-order chi connectivity index (χ1) is 10.0. The number of carbonyl (C=O) groups is 3. The van der Waals surface area contributed by atoms with Crippen LogP contribution in [-0.2, 0) is 9.59 Å². The minimum absolute atomic E-state index is 0.139. The third-order valence-corrected chi connectivity index (χ3v) is 3.22. The van der Waals surface area contributed by atoms with Crippen LogP contribution in [0.3, 0.4) is 0 Å². The number of piperazine rings is 1. The first-order valence-electron chi connectivity index (χ1n) is 6.60. The van der Waals surface area contributed by atoms with Gasteiger partial charge in [-0.05, 0) is 18.6 Å². The lowest BCUT2D eigenvalue weighted by molar-refractivity contribution is -0.138. The zero-order valence-electron chi connectivity index (χ0n) is 11.9. The maximum absolute atomic E-state index is 12.3. The molecule has 1 atom stereocenters. The number of methoxy groups -OCH3 is 1. The number of rotatable bonds is 3. The second kappa shape index (κ2) is 6.25. The Balaban J connectivity index is 2.13. The summed E-state index contributed by atoms with van der Waals surface area (Å²) in [6.45, 7) is 1.64. The number of benzene rings is 1. The van der Waals surface area contributed by atoms with Crippen molar-refractivity contribution >= 4 is 23.5 Å². The standard InChI is InChI=1S/C14H17N3O4/c1-3-11-13(19)16-12(18)8-17(11)14(20)15-9-5-4-6-10(7-9)21-2/h4-7,11H,3,8H2,1-2H3,(H,15,20)(H,16,18,19). The van der Waals surface area contributed by atoms with Gasteiger partial charge < -0.3 is 15.0 Å². The van der Waals surface area contributed by atoms with E-state index in [0.717, 1.165) is 0 Å². The summed E-state index contributed by atoms with van der Waals surface area (Å²) in [6.07, 6.45) is 0.435. The van der Waals surface area contributed by atoms with Crippen molar-refractivity contribution in [1.29, 1.82) is 0 Å². The van der Waals surface area contributed by atoms with Crippen molar-refractivity contribution < 1.29 is 19.1 Å². The van der Waals surface area contributed by atoms with E-state index in [1.165, 1.54) is 12.0 Å². The van der Waals surface area contributed by atoms with Crippen LogP contribution in [0.2, 0.25) is 0 Å². The molecule has 2 rings (SSSR count). The van der Waals surface area contributed by atoms with Crippen LogP contribution in [0.4, 0.5) is 10.5 Å². The SMILES string of the molecule is CCC1C(=O)NC(=O)CN1C(=O)Nc1cccc(OC)c1. The van der Waals surface area contributed by atoms with Gasteiger partial charge in [0.2, 0.25) is 11.8 Å². The van der Waals surface area contributed by atoms with Crippen molar-refractivity contribution in [3.63, 3.8) is 0 Å². The minimum atomic E-state index is -0.645. The van der Waals surface area contributed by atoms with Crippen LogP contribution in [0.1, 0.15) is 13.3 Å². The topological polar surface area (TPSA) is 87.7 Å². The van der Waals surface area contributed by atoms with E-state index >= 15 is 0 Å². The van der Waals surface area contributed by atoms with E-state index in [9.17, 15) is 14.4 Å². The number of carbonyl (C=O) groups excluding carboxylic acids is 3. The number of amides is 4. The van der Waals surface area contributed by atoms with Gasteiger partial charge in [-0.1, -0.05) is 13.0 Å². The lowest BCUT2D eigenvalue weighted by Gasteiger charge is -2.33. The predicted molar refractivity (Wildman–Crippen MR) is 75.9 cm³/mol. The van der Waals surface area contributed by atoms with E-state index < -0.39 is 23.9 Å². The maximum atomic E-state index is 12.3. The molecule has 0 spiro atoms. The molecule has 7 nitrogen and oxygen atoms in total. The highest BCUT2D eigenvalue weighted by Gasteiger charge is 2.35. The van der Waals surface area contributed by atoms with Crippen LogP contribution in [-0.4, -0.2) is 42.4 Å². The van der Waals surface area contributed by atoms with Crippen molar-refractivity contribution in [2.75, 3.05) is 19.0 Å². The Bertz CT molecular complexity index is 573. The molecule has 1 aromatic carbocycles. The number of nitrogens with one attached hydrogen (secondary N) is 2. The van der Waals surface area contributed by atoms with E-state index in [2.05, 4.69) is 10.6 Å². The van der Waals surface area contributed by atoms with Gasteiger partial charge >= 0.3 is 6.03 Å². The smallest absolute Gasteiger partial charge is 0.323 e. The summed E-state index contributed by atoms with van der Waals surface area (Å²) in [6, 6.07) is 5.71. The van der Waals surface area contributed by atoms with E-state index in [1.807, 2.05) is 0 Å². The van der Waals surface area contributed by atoms with Gasteiger partial charge in [0.25, 0.3) is 0 Å². The van der Waals surface area contributed by atoms with Crippen LogP contribution >= 0.6 is 0 Å². The summed E-state index contributed by atoms with van der Waals surface area (Å²) in [4.78, 5) is 36.7. The molecular formula is C14H17N3O4. The Morgan fingerprint density at radius 3 is 2.90 bits per heavy atom. The third kappa shape index (κ3) is 3.31. The molecule has 2 N–H and O–H groups in total. The number of nitrogens with zero attached hydrogens (tertiary/aromatic N) is 1. The highest BCUT2D eigenvalue weighted by molar-refractivity contribution is 6.05. The van der Waals surface area contributed by atoms with Crippen LogP contribution in [0.25, 0.3) is 0 Å². The van der Waals surface area contributed by atoms with Crippen LogP contribution < -0.4 is 15.4 Å². The molecular weight excluding hydrogens is 274 g/mol. The fraction of sp³-hybridized carbons (Fsp3) is 0.357. The highest BCUT2D eigenvalue weighted by Crippen LogP contribution is 2.18. The number of anilines is 1. The second-order valence-corrected chi connectivity index (χ2v) is 4.63. The van der Waals surface area contributed by atoms with Crippen molar-refractivity contribution in [1.82, 2.24) is 10.2 Å². The van der Waals surface area contributed by atoms with Gasteiger partial charge in [-0.25, -0.2) is 4.79 Å². The van der Waals surface area contributed by atoms with Gasteiger partial charge in [-0.2, -0.15) is 0 Å². The molecule has 0 bridgehead atoms. The van der Waals surface area contributed by atoms with Crippen LogP contribution in [0.15, 0.2) is 24.3 Å². The lowest BCUT2D eigenvalue weighted by atomic mass is 10.1. The Kier molecular flexibility index (Phi) is 4.42. The highest BCUT2D eigenvalue weighted by atomic mass is 16.5. The molecule has 1 aliphatic rings. The normalized spacial score (nSPS) is 18.2. The number of hydrogen-bond acceptors (Lipinski definition) is 4. The molecule has 0 aliphatic carbocycles. The Morgan fingerprint density at radius 1 is 1.48 bits per heavy atom. The molecule has 4 amide bonds. The molecule has 1 fully saturated rings. The summed E-state index contributed by atoms with van der Waals surface area (Å²) in [5.41, 5.74) is 0.535. The largest absolute Gasteiger partial charge is 0.497 e. The van der Waals surface area contributed by atoms with E-state index in [1.54, 1.807) is 31.2 Å². The molecule has 1 aromatic rings. The molecule has 0 aromatic heterocycles. The third-order valence-electron chi connectivity index (χ3n) is 3.22. The Hall–Kier alpha value is -2.57. The van der Waals surface area contributed by atoms with Gasteiger partial charge in [-0.3, -0.25) is 14.9 Å². The van der Waals surface area contributed by atoms with Gasteiger partial charge in [0.05, 0.1) is 7.11 Å². The predicted octanol–water partition coefficient (Wildman–Crippen LogP) is 0.964. The summed E-state index contributed by atoms with van der Waals surface area (Å²) in [5.74, 6) is -0.327. The van der Waals surface area contributed by atoms with Crippen molar-refractivity contribution in [3.05, 3.63) is 24.3 Å². The summed E-state index contributed by atoms with van der Waals surface area (Å²) >= 11 is 0. The number of ether oxygens (including phenoxy) is 1. The van der Waals surface area contributed by atoms with Gasteiger partial charge in [-0.15, -0.1) is 0 Å². The quantitative estimate of drug-likeness (QED) is 0.812. The zero-order chi connectivity index (χ0) is 15.4. The molecule has 0 radical (unpaired) electrons. The van der Waals surface area contributed by atoms with E-state index in [-0.39, 0.29) is 6.54 Å². The molecule has 1 saturated heterocycles. The minimum Gasteiger partial charge on any atom is -0.497 e. The van der Waals surface area contributed by atoms with Gasteiger partial charge in [0, 0.05) is 11.8 Å². The Morgan fingerprint density at radius 2 is 2.24 bits per heavy atom. The molecule has 1 aliphatic heterocycles. The van der Waals surface area contributed by atoms with Crippen molar-refractivity contribution in [2.24, 2.45) is 0 Å².